The molecule has 26 heavy (non-hydrogen) atoms. The third-order valence-electron chi connectivity index (χ3n) is 4.40. The molecule has 1 aliphatic rings. The van der Waals surface area contributed by atoms with Gasteiger partial charge < -0.3 is 14.8 Å². The molecular formula is C15H24ClN3O6S. The fraction of sp³-hybridized carbons (Fsp3) is 0.600. The van der Waals surface area contributed by atoms with Gasteiger partial charge >= 0.3 is 0 Å². The molecule has 148 valence electrons. The van der Waals surface area contributed by atoms with Crippen molar-refractivity contribution in [2.75, 3.05) is 40.5 Å². The molecule has 0 amide bonds. The summed E-state index contributed by atoms with van der Waals surface area (Å²) in [6.45, 7) is 2.28. The Kier molecular flexibility index (Phi) is 8.22. The Labute approximate surface area is 159 Å². The second-order valence-electron chi connectivity index (χ2n) is 6.10. The summed E-state index contributed by atoms with van der Waals surface area (Å²) >= 11 is 0. The number of non-ortho nitro benzene ring substituents is 1. The van der Waals surface area contributed by atoms with Crippen LogP contribution in [0.2, 0.25) is 0 Å². The lowest BCUT2D eigenvalue weighted by Gasteiger charge is -2.37. The fourth-order valence-corrected chi connectivity index (χ4v) is 4.26. The van der Waals surface area contributed by atoms with Gasteiger partial charge in [0.1, 0.15) is 10.6 Å². The number of hydrogen-bond acceptors (Lipinski definition) is 7. The zero-order chi connectivity index (χ0) is 18.5. The van der Waals surface area contributed by atoms with Crippen molar-refractivity contribution < 1.29 is 22.8 Å². The van der Waals surface area contributed by atoms with E-state index in [4.69, 9.17) is 9.47 Å². The Balaban J connectivity index is 0.00000338. The molecule has 0 unspecified atom stereocenters. The number of rotatable bonds is 8. The average molecular weight is 410 g/mol. The van der Waals surface area contributed by atoms with Gasteiger partial charge in [-0.05, 0) is 32.0 Å². The van der Waals surface area contributed by atoms with Gasteiger partial charge in [-0.15, -0.1) is 12.4 Å². The maximum atomic E-state index is 12.7. The molecule has 1 aliphatic heterocycles. The van der Waals surface area contributed by atoms with Crippen molar-refractivity contribution in [3.8, 4) is 5.75 Å². The van der Waals surface area contributed by atoms with E-state index in [1.807, 2.05) is 0 Å². The van der Waals surface area contributed by atoms with Crippen LogP contribution in [0.4, 0.5) is 5.69 Å². The number of nitrogens with one attached hydrogen (secondary N) is 2. The molecule has 0 radical (unpaired) electrons. The van der Waals surface area contributed by atoms with Crippen LogP contribution < -0.4 is 14.8 Å². The number of nitro groups is 1. The molecule has 2 N–H and O–H groups in total. The Morgan fingerprint density at radius 3 is 2.50 bits per heavy atom. The van der Waals surface area contributed by atoms with Crippen LogP contribution >= 0.6 is 12.4 Å². The number of piperidine rings is 1. The second kappa shape index (κ2) is 9.47. The second-order valence-corrected chi connectivity index (χ2v) is 7.84. The van der Waals surface area contributed by atoms with Gasteiger partial charge in [-0.3, -0.25) is 10.1 Å². The third kappa shape index (κ3) is 5.27. The monoisotopic (exact) mass is 409 g/mol. The maximum absolute atomic E-state index is 12.7. The van der Waals surface area contributed by atoms with Crippen LogP contribution in [0.1, 0.15) is 12.8 Å². The Morgan fingerprint density at radius 1 is 1.31 bits per heavy atom. The minimum Gasteiger partial charge on any atom is -0.495 e. The third-order valence-corrected chi connectivity index (χ3v) is 5.84. The van der Waals surface area contributed by atoms with E-state index >= 15 is 0 Å². The van der Waals surface area contributed by atoms with E-state index < -0.39 is 14.9 Å². The molecule has 2 rings (SSSR count). The van der Waals surface area contributed by atoms with Gasteiger partial charge in [-0.25, -0.2) is 13.1 Å². The number of hydrogen-bond donors (Lipinski definition) is 2. The van der Waals surface area contributed by atoms with E-state index in [0.29, 0.717) is 6.61 Å². The van der Waals surface area contributed by atoms with Crippen molar-refractivity contribution in [3.05, 3.63) is 28.3 Å². The summed E-state index contributed by atoms with van der Waals surface area (Å²) in [7, 11) is -1.00. The van der Waals surface area contributed by atoms with Gasteiger partial charge in [0.2, 0.25) is 10.0 Å². The van der Waals surface area contributed by atoms with Crippen LogP contribution in [0, 0.1) is 15.5 Å². The predicted molar refractivity (Wildman–Crippen MR) is 98.5 cm³/mol. The van der Waals surface area contributed by atoms with E-state index in [-0.39, 0.29) is 40.7 Å². The molecule has 1 aromatic carbocycles. The first-order chi connectivity index (χ1) is 11.8. The van der Waals surface area contributed by atoms with Crippen LogP contribution in [-0.4, -0.2) is 53.8 Å². The fourth-order valence-electron chi connectivity index (χ4n) is 2.95. The molecule has 1 saturated heterocycles. The Hall–Kier alpha value is -1.46. The first-order valence-corrected chi connectivity index (χ1v) is 9.34. The van der Waals surface area contributed by atoms with Gasteiger partial charge in [-0.2, -0.15) is 0 Å². The van der Waals surface area contributed by atoms with Crippen molar-refractivity contribution in [2.24, 2.45) is 5.41 Å². The molecule has 9 nitrogen and oxygen atoms in total. The minimum absolute atomic E-state index is 0. The summed E-state index contributed by atoms with van der Waals surface area (Å²) in [6.07, 6.45) is 1.58. The van der Waals surface area contributed by atoms with Gasteiger partial charge in [-0.1, -0.05) is 0 Å². The highest BCUT2D eigenvalue weighted by molar-refractivity contribution is 7.89. The van der Waals surface area contributed by atoms with Crippen LogP contribution in [-0.2, 0) is 14.8 Å². The lowest BCUT2D eigenvalue weighted by Crippen LogP contribution is -2.47. The summed E-state index contributed by atoms with van der Waals surface area (Å²) in [5.41, 5.74) is -0.508. The Morgan fingerprint density at radius 2 is 1.96 bits per heavy atom. The predicted octanol–water partition coefficient (Wildman–Crippen LogP) is 1.32. The SMILES string of the molecule is COCC1(CNS(=O)(=O)c2ccc([N+](=O)[O-])cc2OC)CCNCC1.Cl. The summed E-state index contributed by atoms with van der Waals surface area (Å²) in [5.74, 6) is -0.0622. The van der Waals surface area contributed by atoms with Gasteiger partial charge in [0, 0.05) is 25.1 Å². The molecule has 0 saturated carbocycles. The molecule has 0 aromatic heterocycles. The minimum atomic E-state index is -3.87. The lowest BCUT2D eigenvalue weighted by atomic mass is 9.80. The van der Waals surface area contributed by atoms with E-state index in [1.165, 1.54) is 13.2 Å². The number of nitrogens with zero attached hydrogens (tertiary/aromatic N) is 1. The average Bonchev–Trinajstić information content (AvgIpc) is 2.60. The smallest absolute Gasteiger partial charge is 0.273 e. The highest BCUT2D eigenvalue weighted by atomic mass is 35.5. The molecular weight excluding hydrogens is 386 g/mol. The summed E-state index contributed by atoms with van der Waals surface area (Å²) < 4.78 is 38.2. The number of halogens is 1. The molecule has 1 aromatic rings. The van der Waals surface area contributed by atoms with E-state index in [0.717, 1.165) is 38.1 Å². The van der Waals surface area contributed by atoms with Gasteiger partial charge in [0.05, 0.1) is 24.7 Å². The van der Waals surface area contributed by atoms with Crippen molar-refractivity contribution in [2.45, 2.75) is 17.7 Å². The number of benzene rings is 1. The standard InChI is InChI=1S/C15H23N3O6S.ClH/c1-23-11-15(5-7-16-8-6-15)10-17-25(21,22)14-4-3-12(18(19)20)9-13(14)24-2;/h3-4,9,16-17H,5-8,10-11H2,1-2H3;1H. The number of ether oxygens (including phenoxy) is 2. The zero-order valence-electron chi connectivity index (χ0n) is 14.7. The van der Waals surface area contributed by atoms with Crippen molar-refractivity contribution in [3.63, 3.8) is 0 Å². The molecule has 0 atom stereocenters. The molecule has 1 heterocycles. The van der Waals surface area contributed by atoms with E-state index in [2.05, 4.69) is 10.0 Å². The van der Waals surface area contributed by atoms with Crippen LogP contribution in [0.15, 0.2) is 23.1 Å². The Bertz CT molecular complexity index is 717. The summed E-state index contributed by atoms with van der Waals surface area (Å²) in [4.78, 5) is 10.1. The first kappa shape index (κ1) is 22.6. The first-order valence-electron chi connectivity index (χ1n) is 7.85. The summed E-state index contributed by atoms with van der Waals surface area (Å²) in [5, 5.41) is 14.1. The van der Waals surface area contributed by atoms with Gasteiger partial charge in [0.25, 0.3) is 5.69 Å². The van der Waals surface area contributed by atoms with Crippen LogP contribution in [0.5, 0.6) is 5.75 Å². The number of sulfonamides is 1. The normalized spacial score (nSPS) is 16.5. The topological polar surface area (TPSA) is 120 Å². The molecule has 0 aliphatic carbocycles. The van der Waals surface area contributed by atoms with E-state index in [9.17, 15) is 18.5 Å². The highest BCUT2D eigenvalue weighted by Crippen LogP contribution is 2.31. The van der Waals surface area contributed by atoms with Crippen molar-refractivity contribution >= 4 is 28.1 Å². The van der Waals surface area contributed by atoms with Crippen molar-refractivity contribution in [1.29, 1.82) is 0 Å². The molecule has 0 spiro atoms. The number of nitro benzene ring substituents is 1. The largest absolute Gasteiger partial charge is 0.495 e. The highest BCUT2D eigenvalue weighted by Gasteiger charge is 2.34. The van der Waals surface area contributed by atoms with Gasteiger partial charge in [0.15, 0.2) is 0 Å². The number of methoxy groups -OCH3 is 2. The van der Waals surface area contributed by atoms with Crippen LogP contribution in [0.3, 0.4) is 0 Å². The summed E-state index contributed by atoms with van der Waals surface area (Å²) in [6, 6.07) is 3.43. The quantitative estimate of drug-likeness (QED) is 0.490. The zero-order valence-corrected chi connectivity index (χ0v) is 16.3. The van der Waals surface area contributed by atoms with Crippen molar-refractivity contribution in [1.82, 2.24) is 10.0 Å². The van der Waals surface area contributed by atoms with Crippen LogP contribution in [0.25, 0.3) is 0 Å². The molecule has 1 fully saturated rings. The maximum Gasteiger partial charge on any atom is 0.273 e. The lowest BCUT2D eigenvalue weighted by molar-refractivity contribution is -0.385. The molecule has 11 heteroatoms. The molecule has 0 bridgehead atoms. The van der Waals surface area contributed by atoms with E-state index in [1.54, 1.807) is 7.11 Å².